The van der Waals surface area contributed by atoms with E-state index in [0.717, 1.165) is 26.2 Å². The number of ether oxygens (including phenoxy) is 2. The molecule has 0 fully saturated rings. The number of guanidine groups is 1. The number of carbonyl (C=O) groups is 3. The molecule has 36 heavy (non-hydrogen) atoms. The first-order chi connectivity index (χ1) is 17.1. The summed E-state index contributed by atoms with van der Waals surface area (Å²) in [6.07, 6.45) is 2.24. The molecule has 0 aliphatic carbocycles. The number of unbranched alkanes of at least 4 members (excludes halogenated alkanes) is 8. The molecule has 0 aromatic rings. The van der Waals surface area contributed by atoms with Gasteiger partial charge in [-0.15, -0.1) is 0 Å². The van der Waals surface area contributed by atoms with E-state index < -0.39 is 54.9 Å². The first-order valence-electron chi connectivity index (χ1n) is 12.5. The van der Waals surface area contributed by atoms with Crippen LogP contribution in [0.1, 0.15) is 84.5 Å². The first-order valence-corrected chi connectivity index (χ1v) is 12.5. The second-order valence-corrected chi connectivity index (χ2v) is 8.94. The van der Waals surface area contributed by atoms with E-state index in [0.29, 0.717) is 6.42 Å². The summed E-state index contributed by atoms with van der Waals surface area (Å²) in [5, 5.41) is 22.0. The van der Waals surface area contributed by atoms with Crippen molar-refractivity contribution in [2.45, 2.75) is 109 Å². The number of hydrogen-bond acceptors (Lipinski definition) is 7. The van der Waals surface area contributed by atoms with Crippen molar-refractivity contribution in [3.63, 3.8) is 0 Å². The Kier molecular flexibility index (Phi) is 14.7. The number of aliphatic imine (C=N–C) groups is 1. The number of rotatable bonds is 17. The van der Waals surface area contributed by atoms with E-state index in [-0.39, 0.29) is 24.2 Å². The lowest BCUT2D eigenvalue weighted by Crippen LogP contribution is -2.49. The van der Waals surface area contributed by atoms with Gasteiger partial charge in [0.15, 0.2) is 18.2 Å². The Morgan fingerprint density at radius 2 is 1.72 bits per heavy atom. The maximum atomic E-state index is 15.2. The third kappa shape index (κ3) is 11.8. The number of halogens is 1. The number of aliphatic hydroxyl groups excluding tert-OH is 1. The van der Waals surface area contributed by atoms with Crippen molar-refractivity contribution in [3.05, 3.63) is 11.4 Å². The third-order valence-electron chi connectivity index (χ3n) is 5.69. The molecule has 12 heteroatoms. The Bertz CT molecular complexity index is 786. The van der Waals surface area contributed by atoms with Crippen molar-refractivity contribution in [1.82, 2.24) is 5.32 Å². The van der Waals surface area contributed by atoms with E-state index >= 15 is 4.39 Å². The zero-order valence-corrected chi connectivity index (χ0v) is 21.2. The molecule has 11 nitrogen and oxygen atoms in total. The van der Waals surface area contributed by atoms with Crippen LogP contribution in [0.4, 0.5) is 4.39 Å². The Morgan fingerprint density at radius 1 is 1.14 bits per heavy atom. The van der Waals surface area contributed by atoms with Crippen LogP contribution in [0.15, 0.2) is 16.4 Å². The maximum Gasteiger partial charge on any atom is 0.333 e. The van der Waals surface area contributed by atoms with Gasteiger partial charge in [-0.1, -0.05) is 58.3 Å². The lowest BCUT2D eigenvalue weighted by molar-refractivity contribution is -0.161. The molecule has 1 heterocycles. The molecule has 206 valence electrons. The quantitative estimate of drug-likeness (QED) is 0.0834. The van der Waals surface area contributed by atoms with E-state index in [4.69, 9.17) is 20.9 Å². The summed E-state index contributed by atoms with van der Waals surface area (Å²) in [6.45, 7) is 2.66. The molecule has 0 radical (unpaired) electrons. The molecule has 0 saturated heterocycles. The predicted molar refractivity (Wildman–Crippen MR) is 131 cm³/mol. The zero-order chi connectivity index (χ0) is 27.1. The van der Waals surface area contributed by atoms with Gasteiger partial charge in [-0.05, 0) is 6.42 Å². The highest BCUT2D eigenvalue weighted by atomic mass is 19.1. The summed E-state index contributed by atoms with van der Waals surface area (Å²) in [4.78, 5) is 39.0. The van der Waals surface area contributed by atoms with Gasteiger partial charge in [-0.25, -0.2) is 14.2 Å². The van der Waals surface area contributed by atoms with Crippen molar-refractivity contribution >= 4 is 23.8 Å². The number of amides is 1. The topological polar surface area (TPSA) is 187 Å². The molecule has 1 aliphatic heterocycles. The van der Waals surface area contributed by atoms with Crippen molar-refractivity contribution in [2.75, 3.05) is 6.61 Å². The number of aliphatic hydroxyl groups is 1. The van der Waals surface area contributed by atoms with Gasteiger partial charge >= 0.3 is 11.9 Å². The van der Waals surface area contributed by atoms with Gasteiger partial charge in [0.25, 0.3) is 0 Å². The van der Waals surface area contributed by atoms with E-state index in [1.54, 1.807) is 0 Å². The number of carbonyl (C=O) groups excluding carboxylic acids is 2. The number of hydrogen-bond donors (Lipinski definition) is 5. The van der Waals surface area contributed by atoms with Gasteiger partial charge in [0.1, 0.15) is 18.8 Å². The van der Waals surface area contributed by atoms with Crippen molar-refractivity contribution in [3.8, 4) is 0 Å². The third-order valence-corrected chi connectivity index (χ3v) is 5.69. The minimum Gasteiger partial charge on any atom is -0.479 e. The molecular weight excluding hydrogens is 475 g/mol. The molecule has 0 aromatic carbocycles. The number of nitrogens with one attached hydrogen (secondary N) is 1. The molecule has 1 rings (SSSR count). The normalized spacial score (nSPS) is 19.3. The van der Waals surface area contributed by atoms with Crippen LogP contribution in [0.3, 0.4) is 0 Å². The van der Waals surface area contributed by atoms with Gasteiger partial charge < -0.3 is 36.5 Å². The van der Waals surface area contributed by atoms with Gasteiger partial charge in [-0.2, -0.15) is 0 Å². The Hall–Kier alpha value is -2.73. The predicted octanol–water partition coefficient (Wildman–Crippen LogP) is 2.01. The van der Waals surface area contributed by atoms with Crippen LogP contribution < -0.4 is 16.8 Å². The van der Waals surface area contributed by atoms with Gasteiger partial charge in [0.05, 0.1) is 11.4 Å². The van der Waals surface area contributed by atoms with Crippen LogP contribution >= 0.6 is 0 Å². The number of aliphatic carboxylic acids is 1. The van der Waals surface area contributed by atoms with Gasteiger partial charge in [0.2, 0.25) is 5.91 Å². The maximum absolute atomic E-state index is 15.2. The van der Waals surface area contributed by atoms with Crippen LogP contribution in [0.5, 0.6) is 0 Å². The van der Waals surface area contributed by atoms with Gasteiger partial charge in [-0.3, -0.25) is 9.59 Å². The minimum atomic E-state index is -2.25. The molecule has 1 amide bonds. The molecule has 0 bridgehead atoms. The Morgan fingerprint density at radius 3 is 2.25 bits per heavy atom. The fraction of sp³-hybridized carbons (Fsp3) is 0.750. The second kappa shape index (κ2) is 16.9. The first kappa shape index (κ1) is 31.3. The van der Waals surface area contributed by atoms with Crippen LogP contribution in [-0.2, 0) is 23.9 Å². The van der Waals surface area contributed by atoms with Crippen molar-refractivity contribution in [1.29, 1.82) is 0 Å². The van der Waals surface area contributed by atoms with Gasteiger partial charge in [0, 0.05) is 19.8 Å². The van der Waals surface area contributed by atoms with E-state index in [9.17, 15) is 24.6 Å². The smallest absolute Gasteiger partial charge is 0.333 e. The van der Waals surface area contributed by atoms with E-state index in [2.05, 4.69) is 17.2 Å². The van der Waals surface area contributed by atoms with E-state index in [1.807, 2.05) is 0 Å². The Balaban J connectivity index is 2.64. The molecule has 7 N–H and O–H groups in total. The largest absolute Gasteiger partial charge is 0.479 e. The minimum absolute atomic E-state index is 0.0916. The molecule has 3 unspecified atom stereocenters. The summed E-state index contributed by atoms with van der Waals surface area (Å²) in [7, 11) is 0. The zero-order valence-electron chi connectivity index (χ0n) is 21.2. The fourth-order valence-corrected chi connectivity index (χ4v) is 3.84. The van der Waals surface area contributed by atoms with Crippen LogP contribution in [0, 0.1) is 0 Å². The van der Waals surface area contributed by atoms with Crippen LogP contribution in [0.25, 0.3) is 0 Å². The number of carboxylic acids is 1. The van der Waals surface area contributed by atoms with Crippen molar-refractivity contribution < 1.29 is 38.5 Å². The highest BCUT2D eigenvalue weighted by molar-refractivity contribution is 5.79. The Labute approximate surface area is 211 Å². The number of nitrogens with two attached hydrogens (primary N) is 2. The highest BCUT2D eigenvalue weighted by Crippen LogP contribution is 2.30. The fourth-order valence-electron chi connectivity index (χ4n) is 3.84. The molecule has 0 aromatic heterocycles. The van der Waals surface area contributed by atoms with Crippen molar-refractivity contribution in [2.24, 2.45) is 16.5 Å². The molecule has 0 saturated carbocycles. The second-order valence-electron chi connectivity index (χ2n) is 8.94. The lowest BCUT2D eigenvalue weighted by atomic mass is 9.98. The summed E-state index contributed by atoms with van der Waals surface area (Å²) in [6, 6.07) is 0. The van der Waals surface area contributed by atoms with Crippen LogP contribution in [0.2, 0.25) is 0 Å². The summed E-state index contributed by atoms with van der Waals surface area (Å²) >= 11 is 0. The average Bonchev–Trinajstić information content (AvgIpc) is 2.81. The summed E-state index contributed by atoms with van der Waals surface area (Å²) in [5.74, 6) is -3.01. The molecule has 4 atom stereocenters. The molecule has 1 aliphatic rings. The van der Waals surface area contributed by atoms with Crippen LogP contribution in [-0.4, -0.2) is 65.1 Å². The standard InChI is InChI=1S/C24H41FN4O7/c1-3-4-5-6-7-8-9-10-11-12-19(32)35-14-17(31)20(25)22-21(28-15(2)30)16(29-24(26)27)13-18(36-22)23(33)34/h17-18,20,22,31H,3-14H2,1-2H3,(H,28,30)(H,33,34)(H4,26,27,29)/t17-,18?,20?,22?/m0/s1. The SMILES string of the molecule is CCCCCCCCCCCC(=O)OC[C@H](O)C(F)C1OC(C(=O)O)CC(N=C(N)N)=C1NC(C)=O. The molecular formula is C24H41FN4O7. The number of esters is 1. The number of alkyl halides is 1. The average molecular weight is 517 g/mol. The number of carboxylic acid groups (broad SMARTS) is 1. The lowest BCUT2D eigenvalue weighted by Gasteiger charge is -2.34. The number of nitrogens with zero attached hydrogens (tertiary/aromatic N) is 1. The summed E-state index contributed by atoms with van der Waals surface area (Å²) < 4.78 is 25.5. The molecule has 0 spiro atoms. The highest BCUT2D eigenvalue weighted by Gasteiger charge is 2.42. The monoisotopic (exact) mass is 516 g/mol. The van der Waals surface area contributed by atoms with E-state index in [1.165, 1.54) is 32.1 Å². The summed E-state index contributed by atoms with van der Waals surface area (Å²) in [5.41, 5.74) is 10.5.